The number of hydrogen-bond donors (Lipinski definition) is 0. The molecule has 134 valence electrons. The molecule has 0 atom stereocenters. The first-order valence-corrected chi connectivity index (χ1v) is 7.75. The smallest absolute Gasteiger partial charge is 0.331 e. The molecule has 0 fully saturated rings. The first-order valence-electron chi connectivity index (χ1n) is 7.75. The Morgan fingerprint density at radius 2 is 1.73 bits per heavy atom. The van der Waals surface area contributed by atoms with E-state index in [1.54, 1.807) is 42.5 Å². The molecule has 0 aliphatic carbocycles. The fourth-order valence-electron chi connectivity index (χ4n) is 2.27. The van der Waals surface area contributed by atoms with E-state index in [1.807, 2.05) is 6.07 Å². The minimum absolute atomic E-state index is 0.0851. The molecule has 2 aromatic carbocycles. The molecule has 26 heavy (non-hydrogen) atoms. The Kier molecular flexibility index (Phi) is 6.63. The van der Waals surface area contributed by atoms with Crippen LogP contribution in [0.3, 0.4) is 0 Å². The van der Waals surface area contributed by atoms with Crippen LogP contribution in [0.2, 0.25) is 0 Å². The van der Waals surface area contributed by atoms with E-state index in [4.69, 9.17) is 24.2 Å². The molecule has 0 bridgehead atoms. The zero-order chi connectivity index (χ0) is 18.9. The molecule has 0 aliphatic heterocycles. The third kappa shape index (κ3) is 4.77. The Morgan fingerprint density at radius 1 is 1.04 bits per heavy atom. The van der Waals surface area contributed by atoms with Crippen LogP contribution < -0.4 is 14.2 Å². The monoisotopic (exact) mass is 353 g/mol. The van der Waals surface area contributed by atoms with Crippen LogP contribution in [-0.4, -0.2) is 27.3 Å². The molecule has 0 aliphatic rings. The molecule has 0 saturated carbocycles. The average molecular weight is 353 g/mol. The van der Waals surface area contributed by atoms with Crippen molar-refractivity contribution in [3.05, 3.63) is 59.2 Å². The van der Waals surface area contributed by atoms with Crippen molar-refractivity contribution in [3.63, 3.8) is 0 Å². The summed E-state index contributed by atoms with van der Waals surface area (Å²) in [4.78, 5) is 12.0. The summed E-state index contributed by atoms with van der Waals surface area (Å²) in [5, 5.41) is 8.88. The SMILES string of the molecule is COc1cc(OC)c(OC)cc1/C=C/C(=O)OCc1cccc(C#N)c1. The number of carbonyl (C=O) groups is 1. The van der Waals surface area contributed by atoms with Crippen molar-refractivity contribution in [2.75, 3.05) is 21.3 Å². The number of rotatable bonds is 7. The van der Waals surface area contributed by atoms with Crippen LogP contribution >= 0.6 is 0 Å². The number of benzene rings is 2. The maximum Gasteiger partial charge on any atom is 0.331 e. The lowest BCUT2D eigenvalue weighted by Gasteiger charge is -2.12. The maximum atomic E-state index is 12.0. The van der Waals surface area contributed by atoms with Crippen molar-refractivity contribution < 1.29 is 23.7 Å². The summed E-state index contributed by atoms with van der Waals surface area (Å²) in [6.45, 7) is 0.0851. The van der Waals surface area contributed by atoms with Gasteiger partial charge in [-0.15, -0.1) is 0 Å². The summed E-state index contributed by atoms with van der Waals surface area (Å²) in [6.07, 6.45) is 2.88. The lowest BCUT2D eigenvalue weighted by atomic mass is 10.1. The molecular weight excluding hydrogens is 334 g/mol. The predicted molar refractivity (Wildman–Crippen MR) is 96.1 cm³/mol. The standard InChI is InChI=1S/C20H19NO5/c1-23-17-11-19(25-3)18(24-2)10-16(17)7-8-20(22)26-13-15-6-4-5-14(9-15)12-21/h4-11H,13H2,1-3H3/b8-7+. The van der Waals surface area contributed by atoms with E-state index in [1.165, 1.54) is 27.4 Å². The summed E-state index contributed by atoms with van der Waals surface area (Å²) < 4.78 is 21.0. The minimum atomic E-state index is -0.510. The fraction of sp³-hybridized carbons (Fsp3) is 0.200. The number of ether oxygens (including phenoxy) is 4. The highest BCUT2D eigenvalue weighted by molar-refractivity contribution is 5.87. The molecule has 0 unspecified atom stereocenters. The van der Waals surface area contributed by atoms with E-state index in [9.17, 15) is 4.79 Å². The minimum Gasteiger partial charge on any atom is -0.496 e. The first kappa shape index (κ1) is 18.9. The van der Waals surface area contributed by atoms with Crippen LogP contribution in [0.5, 0.6) is 17.2 Å². The van der Waals surface area contributed by atoms with Gasteiger partial charge in [0.15, 0.2) is 11.5 Å². The van der Waals surface area contributed by atoms with Crippen molar-refractivity contribution in [2.24, 2.45) is 0 Å². The first-order chi connectivity index (χ1) is 12.6. The van der Waals surface area contributed by atoms with Gasteiger partial charge in [-0.3, -0.25) is 0 Å². The second kappa shape index (κ2) is 9.14. The van der Waals surface area contributed by atoms with Gasteiger partial charge in [-0.1, -0.05) is 12.1 Å². The highest BCUT2D eigenvalue weighted by Crippen LogP contribution is 2.35. The molecule has 6 nitrogen and oxygen atoms in total. The quantitative estimate of drug-likeness (QED) is 0.561. The van der Waals surface area contributed by atoms with E-state index >= 15 is 0 Å². The molecular formula is C20H19NO5. The van der Waals surface area contributed by atoms with Gasteiger partial charge in [0, 0.05) is 17.7 Å². The van der Waals surface area contributed by atoms with E-state index < -0.39 is 5.97 Å². The number of hydrogen-bond acceptors (Lipinski definition) is 6. The van der Waals surface area contributed by atoms with E-state index in [-0.39, 0.29) is 6.61 Å². The summed E-state index contributed by atoms with van der Waals surface area (Å²) in [5.41, 5.74) is 1.91. The van der Waals surface area contributed by atoms with Crippen molar-refractivity contribution in [1.29, 1.82) is 5.26 Å². The maximum absolute atomic E-state index is 12.0. The summed E-state index contributed by atoms with van der Waals surface area (Å²) in [7, 11) is 4.59. The van der Waals surface area contributed by atoms with Crippen molar-refractivity contribution in [1.82, 2.24) is 0 Å². The second-order valence-electron chi connectivity index (χ2n) is 5.20. The molecule has 0 amide bonds. The molecule has 6 heteroatoms. The van der Waals surface area contributed by atoms with Gasteiger partial charge in [-0.05, 0) is 29.8 Å². The van der Waals surface area contributed by atoms with E-state index in [0.717, 1.165) is 5.56 Å². The third-order valence-corrected chi connectivity index (χ3v) is 3.57. The Balaban J connectivity index is 2.08. The fourth-order valence-corrected chi connectivity index (χ4v) is 2.27. The predicted octanol–water partition coefficient (Wildman–Crippen LogP) is 3.34. The molecule has 0 N–H and O–H groups in total. The Hall–Kier alpha value is -3.46. The number of methoxy groups -OCH3 is 3. The van der Waals surface area contributed by atoms with Crippen LogP contribution in [0, 0.1) is 11.3 Å². The second-order valence-corrected chi connectivity index (χ2v) is 5.20. The largest absolute Gasteiger partial charge is 0.496 e. The van der Waals surface area contributed by atoms with Gasteiger partial charge >= 0.3 is 5.97 Å². The van der Waals surface area contributed by atoms with E-state index in [0.29, 0.717) is 28.4 Å². The Labute approximate surface area is 152 Å². The molecule has 0 saturated heterocycles. The highest BCUT2D eigenvalue weighted by Gasteiger charge is 2.10. The van der Waals surface area contributed by atoms with Crippen LogP contribution in [0.25, 0.3) is 6.08 Å². The highest BCUT2D eigenvalue weighted by atomic mass is 16.5. The van der Waals surface area contributed by atoms with Crippen LogP contribution in [0.15, 0.2) is 42.5 Å². The van der Waals surface area contributed by atoms with Gasteiger partial charge in [0.05, 0.1) is 33.0 Å². The van der Waals surface area contributed by atoms with Gasteiger partial charge in [0.2, 0.25) is 0 Å². The van der Waals surface area contributed by atoms with Gasteiger partial charge in [-0.25, -0.2) is 4.79 Å². The number of carbonyl (C=O) groups excluding carboxylic acids is 1. The number of nitrogens with zero attached hydrogens (tertiary/aromatic N) is 1. The van der Waals surface area contributed by atoms with Gasteiger partial charge in [0.25, 0.3) is 0 Å². The lowest BCUT2D eigenvalue weighted by molar-refractivity contribution is -0.138. The topological polar surface area (TPSA) is 77.8 Å². The molecule has 2 rings (SSSR count). The Bertz CT molecular complexity index is 852. The lowest BCUT2D eigenvalue weighted by Crippen LogP contribution is -2.01. The normalized spacial score (nSPS) is 10.2. The third-order valence-electron chi connectivity index (χ3n) is 3.57. The zero-order valence-electron chi connectivity index (χ0n) is 14.8. The molecule has 0 aromatic heterocycles. The molecule has 0 spiro atoms. The number of nitriles is 1. The van der Waals surface area contributed by atoms with Gasteiger partial charge in [0.1, 0.15) is 12.4 Å². The van der Waals surface area contributed by atoms with Crippen LogP contribution in [0.1, 0.15) is 16.7 Å². The summed E-state index contributed by atoms with van der Waals surface area (Å²) >= 11 is 0. The summed E-state index contributed by atoms with van der Waals surface area (Å²) in [5.74, 6) is 1.08. The van der Waals surface area contributed by atoms with Crippen LogP contribution in [-0.2, 0) is 16.1 Å². The van der Waals surface area contributed by atoms with E-state index in [2.05, 4.69) is 0 Å². The summed E-state index contributed by atoms with van der Waals surface area (Å²) in [6, 6.07) is 12.3. The zero-order valence-corrected chi connectivity index (χ0v) is 14.8. The molecule has 0 radical (unpaired) electrons. The van der Waals surface area contributed by atoms with Gasteiger partial charge < -0.3 is 18.9 Å². The molecule has 0 heterocycles. The van der Waals surface area contributed by atoms with Crippen molar-refractivity contribution in [2.45, 2.75) is 6.61 Å². The molecule has 2 aromatic rings. The van der Waals surface area contributed by atoms with Crippen molar-refractivity contribution >= 4 is 12.0 Å². The van der Waals surface area contributed by atoms with Crippen LogP contribution in [0.4, 0.5) is 0 Å². The van der Waals surface area contributed by atoms with Gasteiger partial charge in [-0.2, -0.15) is 5.26 Å². The van der Waals surface area contributed by atoms with Crippen molar-refractivity contribution in [3.8, 4) is 23.3 Å². The average Bonchev–Trinajstić information content (AvgIpc) is 2.69. The number of esters is 1. The Morgan fingerprint density at radius 3 is 2.38 bits per heavy atom.